The summed E-state index contributed by atoms with van der Waals surface area (Å²) in [5, 5.41) is 7.39. The highest BCUT2D eigenvalue weighted by molar-refractivity contribution is 6.04. The Hall–Kier alpha value is -3.68. The number of pyridine rings is 1. The number of rotatable bonds is 0. The van der Waals surface area contributed by atoms with Crippen LogP contribution in [0.4, 0.5) is 5.95 Å². The van der Waals surface area contributed by atoms with Crippen molar-refractivity contribution in [2.45, 2.75) is 33.2 Å². The van der Waals surface area contributed by atoms with E-state index in [1.807, 2.05) is 38.2 Å². The lowest BCUT2D eigenvalue weighted by Gasteiger charge is -2.16. The van der Waals surface area contributed by atoms with Crippen LogP contribution < -0.4 is 10.1 Å². The van der Waals surface area contributed by atoms with Gasteiger partial charge in [-0.3, -0.25) is 15.1 Å². The van der Waals surface area contributed by atoms with Crippen LogP contribution in [-0.4, -0.2) is 36.8 Å². The van der Waals surface area contributed by atoms with Gasteiger partial charge in [-0.2, -0.15) is 5.10 Å². The van der Waals surface area contributed by atoms with Gasteiger partial charge in [0, 0.05) is 24.8 Å². The Morgan fingerprint density at radius 2 is 2.03 bits per heavy atom. The third kappa shape index (κ3) is 3.72. The summed E-state index contributed by atoms with van der Waals surface area (Å²) in [5.74, 6) is 1.39. The standard InChI is InChI=1S/C24H26N6O2/c1-15-7-6-10-32-23-18(13-25-29(23)3)20-12-17(11-16(2)26-20)22(31)28-24-27-19-8-4-5-9-21(19)30(24)14-15/h4-5,8-9,11-13,15H,6-7,10,14H2,1-3H3,(H,27,28,31). The van der Waals surface area contributed by atoms with Crippen LogP contribution in [0.3, 0.4) is 0 Å². The second-order valence-electron chi connectivity index (χ2n) is 8.45. The second-order valence-corrected chi connectivity index (χ2v) is 8.45. The summed E-state index contributed by atoms with van der Waals surface area (Å²) >= 11 is 0. The van der Waals surface area contributed by atoms with E-state index in [-0.39, 0.29) is 5.91 Å². The summed E-state index contributed by atoms with van der Waals surface area (Å²) in [7, 11) is 1.85. The van der Waals surface area contributed by atoms with Crippen LogP contribution in [0.1, 0.15) is 35.8 Å². The first-order valence-electron chi connectivity index (χ1n) is 10.9. The van der Waals surface area contributed by atoms with E-state index < -0.39 is 0 Å². The number of carbonyl (C=O) groups is 1. The van der Waals surface area contributed by atoms with E-state index in [2.05, 4.69) is 26.9 Å². The van der Waals surface area contributed by atoms with Crippen molar-refractivity contribution in [1.29, 1.82) is 0 Å². The first kappa shape index (κ1) is 20.2. The molecule has 2 bridgehead atoms. The van der Waals surface area contributed by atoms with Gasteiger partial charge in [-0.1, -0.05) is 19.1 Å². The van der Waals surface area contributed by atoms with Gasteiger partial charge in [-0.05, 0) is 49.9 Å². The summed E-state index contributed by atoms with van der Waals surface area (Å²) in [6.07, 6.45) is 3.63. The van der Waals surface area contributed by atoms with E-state index in [0.29, 0.717) is 35.6 Å². The summed E-state index contributed by atoms with van der Waals surface area (Å²) < 4.78 is 9.93. The Morgan fingerprint density at radius 1 is 1.19 bits per heavy atom. The summed E-state index contributed by atoms with van der Waals surface area (Å²) in [5.41, 5.74) is 4.58. The molecule has 1 unspecified atom stereocenters. The average molecular weight is 431 g/mol. The summed E-state index contributed by atoms with van der Waals surface area (Å²) in [6.45, 7) is 5.44. The number of hydrogen-bond acceptors (Lipinski definition) is 5. The van der Waals surface area contributed by atoms with Gasteiger partial charge in [-0.15, -0.1) is 0 Å². The maximum atomic E-state index is 13.3. The van der Waals surface area contributed by atoms with Crippen molar-refractivity contribution in [2.75, 3.05) is 11.9 Å². The van der Waals surface area contributed by atoms with Gasteiger partial charge >= 0.3 is 0 Å². The van der Waals surface area contributed by atoms with Crippen LogP contribution >= 0.6 is 0 Å². The fourth-order valence-electron chi connectivity index (χ4n) is 4.24. The molecule has 4 aromatic rings. The molecule has 0 saturated heterocycles. The number of nitrogens with one attached hydrogen (secondary N) is 1. The smallest absolute Gasteiger partial charge is 0.258 e. The van der Waals surface area contributed by atoms with Gasteiger partial charge in [0.1, 0.15) is 0 Å². The lowest BCUT2D eigenvalue weighted by Crippen LogP contribution is -2.18. The van der Waals surface area contributed by atoms with Crippen LogP contribution in [0.15, 0.2) is 42.6 Å². The third-order valence-electron chi connectivity index (χ3n) is 5.83. The number of amides is 1. The molecule has 0 spiro atoms. The Morgan fingerprint density at radius 3 is 2.91 bits per heavy atom. The Bertz CT molecular complexity index is 1310. The number of aryl methyl sites for hydroxylation is 2. The lowest BCUT2D eigenvalue weighted by atomic mass is 10.1. The number of ether oxygens (including phenoxy) is 1. The van der Waals surface area contributed by atoms with Crippen molar-refractivity contribution < 1.29 is 9.53 Å². The van der Waals surface area contributed by atoms with E-state index in [9.17, 15) is 4.79 Å². The van der Waals surface area contributed by atoms with Crippen LogP contribution in [-0.2, 0) is 13.6 Å². The number of hydrogen-bond donors (Lipinski definition) is 1. The number of carbonyl (C=O) groups excluding carboxylic acids is 1. The molecule has 1 atom stereocenters. The van der Waals surface area contributed by atoms with Gasteiger partial charge in [0.25, 0.3) is 5.91 Å². The number of anilines is 1. The van der Waals surface area contributed by atoms with Crippen LogP contribution in [0.25, 0.3) is 22.3 Å². The van der Waals surface area contributed by atoms with Gasteiger partial charge in [0.15, 0.2) is 0 Å². The number of nitrogens with zero attached hydrogens (tertiary/aromatic N) is 5. The van der Waals surface area contributed by atoms with E-state index in [1.54, 1.807) is 23.0 Å². The highest BCUT2D eigenvalue weighted by atomic mass is 16.5. The van der Waals surface area contributed by atoms with E-state index in [4.69, 9.17) is 9.72 Å². The minimum absolute atomic E-state index is 0.220. The Labute approximate surface area is 186 Å². The second kappa shape index (κ2) is 8.11. The minimum Gasteiger partial charge on any atom is -0.477 e. The molecule has 1 amide bonds. The average Bonchev–Trinajstić information content (AvgIpc) is 3.30. The number of para-hydroxylation sites is 2. The number of aromatic nitrogens is 5. The van der Waals surface area contributed by atoms with Crippen molar-refractivity contribution in [3.63, 3.8) is 0 Å². The molecular formula is C24H26N6O2. The van der Waals surface area contributed by atoms with Crippen molar-refractivity contribution in [3.8, 4) is 17.1 Å². The highest BCUT2D eigenvalue weighted by Gasteiger charge is 2.20. The van der Waals surface area contributed by atoms with E-state index in [1.165, 1.54) is 0 Å². The first-order valence-corrected chi connectivity index (χ1v) is 10.9. The molecule has 0 saturated carbocycles. The molecule has 1 aliphatic rings. The highest BCUT2D eigenvalue weighted by Crippen LogP contribution is 2.30. The molecule has 1 N–H and O–H groups in total. The fraction of sp³-hybridized carbons (Fsp3) is 0.333. The fourth-order valence-corrected chi connectivity index (χ4v) is 4.24. The summed E-state index contributed by atoms with van der Waals surface area (Å²) in [4.78, 5) is 22.6. The van der Waals surface area contributed by atoms with Crippen LogP contribution in [0.2, 0.25) is 0 Å². The molecule has 8 nitrogen and oxygen atoms in total. The molecule has 164 valence electrons. The molecule has 3 aromatic heterocycles. The maximum absolute atomic E-state index is 13.3. The molecule has 0 radical (unpaired) electrons. The predicted molar refractivity (Wildman–Crippen MR) is 123 cm³/mol. The van der Waals surface area contributed by atoms with Gasteiger partial charge in [-0.25, -0.2) is 9.67 Å². The monoisotopic (exact) mass is 430 g/mol. The maximum Gasteiger partial charge on any atom is 0.258 e. The number of benzene rings is 1. The number of imidazole rings is 1. The van der Waals surface area contributed by atoms with Crippen molar-refractivity contribution in [3.05, 3.63) is 53.9 Å². The van der Waals surface area contributed by atoms with Crippen molar-refractivity contribution >= 4 is 22.9 Å². The predicted octanol–water partition coefficient (Wildman–Crippen LogP) is 4.20. The zero-order chi connectivity index (χ0) is 22.2. The van der Waals surface area contributed by atoms with E-state index >= 15 is 0 Å². The van der Waals surface area contributed by atoms with Crippen molar-refractivity contribution in [1.82, 2.24) is 24.3 Å². The topological polar surface area (TPSA) is 86.9 Å². The first-order chi connectivity index (χ1) is 15.5. The zero-order valence-corrected chi connectivity index (χ0v) is 18.5. The van der Waals surface area contributed by atoms with Gasteiger partial charge < -0.3 is 9.30 Å². The molecule has 0 aliphatic carbocycles. The van der Waals surface area contributed by atoms with Gasteiger partial charge in [0.2, 0.25) is 11.8 Å². The molecule has 32 heavy (non-hydrogen) atoms. The molecular weight excluding hydrogens is 404 g/mol. The van der Waals surface area contributed by atoms with Crippen molar-refractivity contribution in [2.24, 2.45) is 13.0 Å². The minimum atomic E-state index is -0.220. The Balaban J connectivity index is 1.62. The molecule has 0 fully saturated rings. The Kier molecular flexibility index (Phi) is 5.13. The van der Waals surface area contributed by atoms with E-state index in [0.717, 1.165) is 41.7 Å². The molecule has 1 aromatic carbocycles. The SMILES string of the molecule is Cc1cc2cc(n1)-c1cnn(C)c1OCCCC(C)Cn1c(nc3ccccc31)NC2=O. The molecule has 1 aliphatic heterocycles. The van der Waals surface area contributed by atoms with Crippen LogP contribution in [0, 0.1) is 12.8 Å². The third-order valence-corrected chi connectivity index (χ3v) is 5.83. The molecule has 4 heterocycles. The van der Waals surface area contributed by atoms with Crippen LogP contribution in [0.5, 0.6) is 5.88 Å². The quantitative estimate of drug-likeness (QED) is 0.452. The normalized spacial score (nSPS) is 17.0. The molecule has 8 heteroatoms. The zero-order valence-electron chi connectivity index (χ0n) is 18.5. The largest absolute Gasteiger partial charge is 0.477 e. The lowest BCUT2D eigenvalue weighted by molar-refractivity contribution is 0.102. The number of fused-ring (bicyclic) bond motifs is 7. The van der Waals surface area contributed by atoms with Gasteiger partial charge in [0.05, 0.1) is 35.1 Å². The molecule has 5 rings (SSSR count). The summed E-state index contributed by atoms with van der Waals surface area (Å²) in [6, 6.07) is 11.5.